The van der Waals surface area contributed by atoms with Crippen molar-refractivity contribution in [1.29, 1.82) is 0 Å². The zero-order valence-electron chi connectivity index (χ0n) is 37.8. The number of aromatic carboxylic acids is 1. The second-order valence-corrected chi connectivity index (χ2v) is 9.46. The number of benzene rings is 3. The molecule has 3 fully saturated rings. The van der Waals surface area contributed by atoms with Crippen LogP contribution in [0.15, 0.2) is 59.0 Å². The number of carbonyl (C=O) groups is 4. The van der Waals surface area contributed by atoms with Crippen LogP contribution in [0, 0.1) is 0 Å². The summed E-state index contributed by atoms with van der Waals surface area (Å²) in [7, 11) is 0. The Bertz CT molecular complexity index is 2520. The summed E-state index contributed by atoms with van der Waals surface area (Å²) in [5.74, 6) is -5.09. The molecule has 4 aliphatic heterocycles. The lowest BCUT2D eigenvalue weighted by Crippen LogP contribution is -2.32. The van der Waals surface area contributed by atoms with Crippen molar-refractivity contribution in [3.63, 3.8) is 0 Å². The number of rotatable bonds is 5. The molecule has 0 saturated carbocycles. The Morgan fingerprint density at radius 2 is 1.63 bits per heavy atom. The normalized spacial score (nSPS) is 32.0. The highest BCUT2D eigenvalue weighted by Gasteiger charge is 2.33. The molecule has 2 aromatic carbocycles. The molecule has 43 heavy (non-hydrogen) atoms. The van der Waals surface area contributed by atoms with Crippen LogP contribution >= 0.6 is 0 Å². The molecule has 10 nitrogen and oxygen atoms in total. The molecule has 0 radical (unpaired) electrons. The SMILES string of the molecule is [2H]C1([2H])N(c2ccc3c(-c4cc(C(=O)ON5C(=O)CCC5=O)ccc4C(=O)[O-])c4ccc(=[N+]5C([2H])([2H])C([2H])([2H])C([2H])([2H])C5([2H])[2H])cc-4oc3c2)C([2H])([2H])C([2H])([2H])C1([2H])[2H]. The number of fused-ring (bicyclic) bond motifs is 2. The minimum absolute atomic E-state index is 0.0715. The van der Waals surface area contributed by atoms with Crippen molar-refractivity contribution in [3.8, 4) is 22.5 Å². The molecule has 4 heterocycles. The highest BCUT2D eigenvalue weighted by Crippen LogP contribution is 2.42. The zero-order chi connectivity index (χ0) is 44.0. The average Bonchev–Trinajstić information content (AvgIpc) is 3.50. The summed E-state index contributed by atoms with van der Waals surface area (Å²) >= 11 is 0. The van der Waals surface area contributed by atoms with Crippen LogP contribution < -0.4 is 19.9 Å². The first kappa shape index (κ1) is 14.5. The van der Waals surface area contributed by atoms with E-state index in [4.69, 9.17) is 31.2 Å². The van der Waals surface area contributed by atoms with Crippen molar-refractivity contribution in [2.75, 3.05) is 30.9 Å². The number of hydrogen-bond acceptors (Lipinski definition) is 8. The molecular weight excluding hydrogens is 550 g/mol. The van der Waals surface area contributed by atoms with Gasteiger partial charge in [-0.3, -0.25) is 9.59 Å². The molecule has 2 amide bonds. The van der Waals surface area contributed by atoms with Crippen LogP contribution in [0.4, 0.5) is 5.69 Å². The molecule has 0 aromatic heterocycles. The van der Waals surface area contributed by atoms with E-state index in [0.717, 1.165) is 42.5 Å². The average molecular weight is 596 g/mol. The molecule has 5 aliphatic rings. The molecule has 0 bridgehead atoms. The summed E-state index contributed by atoms with van der Waals surface area (Å²) in [5.41, 5.74) is -2.41. The van der Waals surface area contributed by atoms with E-state index in [1.165, 1.54) is 12.1 Å². The van der Waals surface area contributed by atoms with E-state index in [9.17, 15) is 24.3 Å². The van der Waals surface area contributed by atoms with E-state index in [2.05, 4.69) is 0 Å². The quantitative estimate of drug-likeness (QED) is 0.196. The first-order valence-electron chi connectivity index (χ1n) is 20.8. The number of amides is 2. The molecule has 2 aromatic rings. The Labute approximate surface area is 269 Å². The van der Waals surface area contributed by atoms with Gasteiger partial charge in [0.2, 0.25) is 5.36 Å². The fourth-order valence-electron chi connectivity index (χ4n) is 4.93. The third kappa shape index (κ3) is 4.82. The van der Waals surface area contributed by atoms with Gasteiger partial charge in [-0.15, -0.1) is 5.06 Å². The van der Waals surface area contributed by atoms with Gasteiger partial charge >= 0.3 is 5.97 Å². The monoisotopic (exact) mass is 595 g/mol. The molecule has 3 saturated heterocycles. The summed E-state index contributed by atoms with van der Waals surface area (Å²) in [4.78, 5) is 55.5. The molecule has 1 aliphatic carbocycles. The van der Waals surface area contributed by atoms with Crippen molar-refractivity contribution in [1.82, 2.24) is 9.64 Å². The van der Waals surface area contributed by atoms with E-state index in [1.807, 2.05) is 0 Å². The molecule has 0 N–H and O–H groups in total. The van der Waals surface area contributed by atoms with E-state index in [1.54, 1.807) is 0 Å². The standard InChI is InChI=1S/C33H29N3O7/c37-29-11-12-30(38)36(29)43-33(41)20-5-8-23(32(39)40)26(17-20)31-24-9-6-21(34-13-1-2-14-34)18-27(24)42-28-19-22(7-10-25(28)31)35-15-3-4-16-35/h5-10,17-19H,1-4,11-16H2/i1D2,2D2,3D2,4D2,13D2,14D2,15D2,16D2. The minimum Gasteiger partial charge on any atom is -0.545 e. The maximum Gasteiger partial charge on any atom is 0.363 e. The van der Waals surface area contributed by atoms with Crippen LogP contribution in [0.1, 0.15) is 81.0 Å². The van der Waals surface area contributed by atoms with Crippen molar-refractivity contribution >= 4 is 40.4 Å². The third-order valence-corrected chi connectivity index (χ3v) is 6.93. The van der Waals surface area contributed by atoms with Crippen LogP contribution in [-0.2, 0) is 14.4 Å². The van der Waals surface area contributed by atoms with E-state index in [0.29, 0.717) is 0 Å². The van der Waals surface area contributed by atoms with Crippen molar-refractivity contribution < 1.29 is 55.5 Å². The highest BCUT2D eigenvalue weighted by molar-refractivity contribution is 6.09. The lowest BCUT2D eigenvalue weighted by molar-refractivity contribution is -0.254. The molecule has 218 valence electrons. The molecular formula is C33H29N3O7. The first-order valence-corrected chi connectivity index (χ1v) is 12.8. The van der Waals surface area contributed by atoms with Crippen LogP contribution in [0.5, 0.6) is 0 Å². The lowest BCUT2D eigenvalue weighted by Gasteiger charge is -2.21. The van der Waals surface area contributed by atoms with Gasteiger partial charge in [0.1, 0.15) is 29.8 Å². The second-order valence-electron chi connectivity index (χ2n) is 9.46. The number of imide groups is 1. The number of carboxylic acids is 1. The number of nitrogens with zero attached hydrogens (tertiary/aromatic N) is 3. The molecule has 10 heteroatoms. The third-order valence-electron chi connectivity index (χ3n) is 6.93. The fourth-order valence-corrected chi connectivity index (χ4v) is 4.93. The number of anilines is 1. The zero-order valence-corrected chi connectivity index (χ0v) is 21.8. The van der Waals surface area contributed by atoms with Crippen LogP contribution in [0.25, 0.3) is 33.4 Å². The summed E-state index contributed by atoms with van der Waals surface area (Å²) < 4.78 is 140. The van der Waals surface area contributed by atoms with Crippen molar-refractivity contribution in [2.24, 2.45) is 0 Å². The largest absolute Gasteiger partial charge is 0.545 e. The van der Waals surface area contributed by atoms with Crippen LogP contribution in [0.2, 0.25) is 0 Å². The smallest absolute Gasteiger partial charge is 0.363 e. The van der Waals surface area contributed by atoms with Crippen LogP contribution in [-0.4, -0.2) is 54.8 Å². The summed E-state index contributed by atoms with van der Waals surface area (Å²) in [6.45, 7) is -13.4. The van der Waals surface area contributed by atoms with Crippen molar-refractivity contribution in [3.05, 3.63) is 71.1 Å². The Kier molecular flexibility index (Phi) is 3.59. The predicted octanol–water partition coefficient (Wildman–Crippen LogP) is 2.96. The number of carbonyl (C=O) groups excluding carboxylic acids is 4. The Balaban J connectivity index is 1.56. The van der Waals surface area contributed by atoms with E-state index in [-0.39, 0.29) is 60.8 Å². The lowest BCUT2D eigenvalue weighted by atomic mass is 9.89. The van der Waals surface area contributed by atoms with E-state index < -0.39 is 97.4 Å². The molecule has 0 spiro atoms. The minimum atomic E-state index is -3.45. The maximum absolute atomic E-state index is 13.3. The number of hydroxylamine groups is 2. The Hall–Kier alpha value is -4.99. The van der Waals surface area contributed by atoms with Gasteiger partial charge in [0.25, 0.3) is 11.8 Å². The van der Waals surface area contributed by atoms with E-state index >= 15 is 0 Å². The van der Waals surface area contributed by atoms with Gasteiger partial charge in [0.05, 0.1) is 17.6 Å². The van der Waals surface area contributed by atoms with Gasteiger partial charge < -0.3 is 24.1 Å². The van der Waals surface area contributed by atoms with Gasteiger partial charge in [0, 0.05) is 94.9 Å². The second kappa shape index (κ2) is 10.7. The maximum atomic E-state index is 13.3. The Morgan fingerprint density at radius 1 is 0.884 bits per heavy atom. The Morgan fingerprint density at radius 3 is 2.35 bits per heavy atom. The fraction of sp³-hybridized carbons (Fsp3) is 0.303. The summed E-state index contributed by atoms with van der Waals surface area (Å²) in [6, 6.07) is 9.31. The molecule has 0 atom stereocenters. The number of carboxylic acid groups (broad SMARTS) is 1. The van der Waals surface area contributed by atoms with Gasteiger partial charge in [-0.1, -0.05) is 6.07 Å². The van der Waals surface area contributed by atoms with Gasteiger partial charge in [-0.05, 0) is 48.6 Å². The van der Waals surface area contributed by atoms with Gasteiger partial charge in [-0.2, -0.15) is 0 Å². The summed E-state index contributed by atoms with van der Waals surface area (Å²) in [5, 5.41) is 12.3. The molecule has 0 unspecified atom stereocenters. The number of hydrogen-bond donors (Lipinski definition) is 0. The first-order chi connectivity index (χ1) is 26.9. The van der Waals surface area contributed by atoms with Crippen molar-refractivity contribution in [2.45, 2.75) is 38.3 Å². The predicted molar refractivity (Wildman–Crippen MR) is 155 cm³/mol. The van der Waals surface area contributed by atoms with Gasteiger partial charge in [-0.25, -0.2) is 9.37 Å². The topological polar surface area (TPSA) is 123 Å². The van der Waals surface area contributed by atoms with Gasteiger partial charge in [0.15, 0.2) is 0 Å². The molecule has 7 rings (SSSR count). The highest BCUT2D eigenvalue weighted by atomic mass is 16.7. The summed E-state index contributed by atoms with van der Waals surface area (Å²) in [6.07, 6.45) is -14.3. The van der Waals surface area contributed by atoms with Crippen LogP contribution in [0.3, 0.4) is 0 Å².